The number of carbonyl (C=O) groups excluding carboxylic acids is 1. The summed E-state index contributed by atoms with van der Waals surface area (Å²) in [5.41, 5.74) is 0.835. The molecule has 86 valence electrons. The van der Waals surface area contributed by atoms with Gasteiger partial charge in [0.15, 0.2) is 0 Å². The summed E-state index contributed by atoms with van der Waals surface area (Å²) in [5, 5.41) is 0. The molecular weight excluding hydrogens is 256 g/mol. The van der Waals surface area contributed by atoms with Gasteiger partial charge in [0.2, 0.25) is 0 Å². The zero-order chi connectivity index (χ0) is 11.1. The lowest BCUT2D eigenvalue weighted by molar-refractivity contribution is -0.136. The molecule has 0 saturated carbocycles. The Morgan fingerprint density at radius 1 is 1.33 bits per heavy atom. The Morgan fingerprint density at radius 3 is 2.73 bits per heavy atom. The van der Waals surface area contributed by atoms with Crippen molar-refractivity contribution in [3.05, 3.63) is 11.6 Å². The fraction of sp³-hybridized carbons (Fsp3) is 0.750. The van der Waals surface area contributed by atoms with Crippen LogP contribution in [0.5, 0.6) is 0 Å². The highest BCUT2D eigenvalue weighted by atomic mass is 79.9. The van der Waals surface area contributed by atoms with Gasteiger partial charge in [-0.1, -0.05) is 47.7 Å². The molecule has 0 amide bonds. The molecule has 1 aliphatic carbocycles. The van der Waals surface area contributed by atoms with Crippen molar-refractivity contribution in [3.63, 3.8) is 0 Å². The number of carbonyl (C=O) groups is 1. The van der Waals surface area contributed by atoms with E-state index < -0.39 is 0 Å². The number of alkyl halides is 1. The molecule has 0 heterocycles. The fourth-order valence-corrected chi connectivity index (χ4v) is 2.51. The van der Waals surface area contributed by atoms with Crippen LogP contribution in [0.4, 0.5) is 0 Å². The summed E-state index contributed by atoms with van der Waals surface area (Å²) < 4.78 is 4.78. The van der Waals surface area contributed by atoms with Gasteiger partial charge in [-0.15, -0.1) is 0 Å². The van der Waals surface area contributed by atoms with E-state index in [0.717, 1.165) is 24.8 Å². The quantitative estimate of drug-likeness (QED) is 0.540. The summed E-state index contributed by atoms with van der Waals surface area (Å²) in [7, 11) is 1.45. The average Bonchev–Trinajstić information content (AvgIpc) is 2.25. The van der Waals surface area contributed by atoms with Crippen LogP contribution in [-0.4, -0.2) is 17.9 Å². The minimum Gasteiger partial charge on any atom is -0.466 e. The van der Waals surface area contributed by atoms with Gasteiger partial charge in [0, 0.05) is 10.4 Å². The molecule has 0 fully saturated rings. The number of hydrogen-bond acceptors (Lipinski definition) is 2. The number of allylic oxidation sites excluding steroid dienone is 1. The first-order valence-electron chi connectivity index (χ1n) is 5.67. The maximum Gasteiger partial charge on any atom is 0.333 e. The van der Waals surface area contributed by atoms with E-state index in [1.807, 2.05) is 6.08 Å². The van der Waals surface area contributed by atoms with Gasteiger partial charge >= 0.3 is 5.97 Å². The molecule has 0 spiro atoms. The van der Waals surface area contributed by atoms with Crippen molar-refractivity contribution in [2.45, 2.75) is 49.8 Å². The lowest BCUT2D eigenvalue weighted by Gasteiger charge is -2.11. The SMILES string of the molecule is COC(=O)/C1=C/C(Br)CCCCCCC1. The summed E-state index contributed by atoms with van der Waals surface area (Å²) >= 11 is 3.59. The highest BCUT2D eigenvalue weighted by molar-refractivity contribution is 9.09. The van der Waals surface area contributed by atoms with Crippen LogP contribution in [-0.2, 0) is 9.53 Å². The van der Waals surface area contributed by atoms with Crippen molar-refractivity contribution in [1.29, 1.82) is 0 Å². The lowest BCUT2D eigenvalue weighted by Crippen LogP contribution is -2.08. The Kier molecular flexibility index (Phi) is 5.99. The summed E-state index contributed by atoms with van der Waals surface area (Å²) in [4.78, 5) is 11.8. The van der Waals surface area contributed by atoms with Crippen LogP contribution in [0.15, 0.2) is 11.6 Å². The van der Waals surface area contributed by atoms with Crippen molar-refractivity contribution >= 4 is 21.9 Å². The predicted octanol–water partition coefficient (Wildman–Crippen LogP) is 3.59. The lowest BCUT2D eigenvalue weighted by atomic mass is 10.0. The van der Waals surface area contributed by atoms with Crippen molar-refractivity contribution in [3.8, 4) is 0 Å². The molecular formula is C12H19BrO2. The molecule has 0 saturated heterocycles. The average molecular weight is 275 g/mol. The molecule has 15 heavy (non-hydrogen) atoms. The third-order valence-electron chi connectivity index (χ3n) is 2.76. The van der Waals surface area contributed by atoms with Crippen molar-refractivity contribution in [2.24, 2.45) is 0 Å². The predicted molar refractivity (Wildman–Crippen MR) is 65.1 cm³/mol. The van der Waals surface area contributed by atoms with E-state index in [-0.39, 0.29) is 5.97 Å². The Labute approximate surface area is 100 Å². The number of ether oxygens (including phenoxy) is 1. The normalized spacial score (nSPS) is 27.6. The largest absolute Gasteiger partial charge is 0.466 e. The molecule has 0 aromatic carbocycles. The highest BCUT2D eigenvalue weighted by Gasteiger charge is 2.13. The van der Waals surface area contributed by atoms with E-state index in [1.165, 1.54) is 32.8 Å². The van der Waals surface area contributed by atoms with E-state index in [2.05, 4.69) is 15.9 Å². The number of rotatable bonds is 1. The van der Waals surface area contributed by atoms with Crippen molar-refractivity contribution in [2.75, 3.05) is 7.11 Å². The molecule has 0 bridgehead atoms. The second-order valence-corrected chi connectivity index (χ2v) is 5.18. The third-order valence-corrected chi connectivity index (χ3v) is 3.48. The minimum absolute atomic E-state index is 0.167. The molecule has 0 N–H and O–H groups in total. The van der Waals surface area contributed by atoms with Crippen molar-refractivity contribution in [1.82, 2.24) is 0 Å². The van der Waals surface area contributed by atoms with Crippen LogP contribution in [0.25, 0.3) is 0 Å². The van der Waals surface area contributed by atoms with E-state index in [9.17, 15) is 4.79 Å². The summed E-state index contributed by atoms with van der Waals surface area (Å²) in [6, 6.07) is 0. The molecule has 0 aromatic rings. The number of halogens is 1. The van der Waals surface area contributed by atoms with Crippen LogP contribution in [0.3, 0.4) is 0 Å². The molecule has 0 radical (unpaired) electrons. The maximum absolute atomic E-state index is 11.5. The Hall–Kier alpha value is -0.310. The summed E-state index contributed by atoms with van der Waals surface area (Å²) in [5.74, 6) is -0.167. The van der Waals surface area contributed by atoms with E-state index in [1.54, 1.807) is 0 Å². The minimum atomic E-state index is -0.167. The first-order valence-corrected chi connectivity index (χ1v) is 6.58. The van der Waals surface area contributed by atoms with Crippen LogP contribution in [0, 0.1) is 0 Å². The van der Waals surface area contributed by atoms with Gasteiger partial charge in [0.25, 0.3) is 0 Å². The number of esters is 1. The molecule has 1 rings (SSSR count). The van der Waals surface area contributed by atoms with Gasteiger partial charge in [-0.2, -0.15) is 0 Å². The monoisotopic (exact) mass is 274 g/mol. The topological polar surface area (TPSA) is 26.3 Å². The number of hydrogen-bond donors (Lipinski definition) is 0. The molecule has 1 unspecified atom stereocenters. The highest BCUT2D eigenvalue weighted by Crippen LogP contribution is 2.21. The van der Waals surface area contributed by atoms with Crippen molar-refractivity contribution < 1.29 is 9.53 Å². The van der Waals surface area contributed by atoms with Crippen LogP contribution in [0.2, 0.25) is 0 Å². The smallest absolute Gasteiger partial charge is 0.333 e. The van der Waals surface area contributed by atoms with E-state index >= 15 is 0 Å². The molecule has 1 aliphatic rings. The van der Waals surface area contributed by atoms with Gasteiger partial charge < -0.3 is 4.74 Å². The molecule has 3 heteroatoms. The molecule has 2 nitrogen and oxygen atoms in total. The molecule has 0 aromatic heterocycles. The zero-order valence-electron chi connectivity index (χ0n) is 9.30. The van der Waals surface area contributed by atoms with Gasteiger partial charge in [-0.25, -0.2) is 4.79 Å². The van der Waals surface area contributed by atoms with Gasteiger partial charge in [-0.05, 0) is 19.3 Å². The fourth-order valence-electron chi connectivity index (χ4n) is 1.87. The van der Waals surface area contributed by atoms with Gasteiger partial charge in [0.05, 0.1) is 7.11 Å². The Morgan fingerprint density at radius 2 is 2.00 bits per heavy atom. The van der Waals surface area contributed by atoms with Crippen LogP contribution in [0.1, 0.15) is 44.9 Å². The first kappa shape index (κ1) is 12.8. The summed E-state index contributed by atoms with van der Waals surface area (Å²) in [6.07, 6.45) is 10.1. The van der Waals surface area contributed by atoms with Gasteiger partial charge in [-0.3, -0.25) is 0 Å². The number of methoxy groups -OCH3 is 1. The molecule has 0 aliphatic heterocycles. The second kappa shape index (κ2) is 7.04. The second-order valence-electron chi connectivity index (χ2n) is 4.01. The van der Waals surface area contributed by atoms with Gasteiger partial charge in [0.1, 0.15) is 0 Å². The zero-order valence-corrected chi connectivity index (χ0v) is 10.9. The van der Waals surface area contributed by atoms with E-state index in [0.29, 0.717) is 4.83 Å². The Bertz CT molecular complexity index is 236. The Balaban J connectivity index is 2.64. The van der Waals surface area contributed by atoms with E-state index in [4.69, 9.17) is 4.74 Å². The van der Waals surface area contributed by atoms with Crippen LogP contribution >= 0.6 is 15.9 Å². The molecule has 1 atom stereocenters. The van der Waals surface area contributed by atoms with Crippen LogP contribution < -0.4 is 0 Å². The summed E-state index contributed by atoms with van der Waals surface area (Å²) in [6.45, 7) is 0. The first-order chi connectivity index (χ1) is 7.24. The maximum atomic E-state index is 11.5. The third kappa shape index (κ3) is 4.83. The standard InChI is InChI=1S/C12H19BrO2/c1-15-12(14)10-7-5-3-2-4-6-8-11(13)9-10/h9,11H,2-8H2,1H3/b10-9+.